The number of hydrogen-bond donors (Lipinski definition) is 1. The van der Waals surface area contributed by atoms with Crippen molar-refractivity contribution in [1.29, 1.82) is 0 Å². The number of amides is 1. The molecule has 28 heavy (non-hydrogen) atoms. The van der Waals surface area contributed by atoms with Gasteiger partial charge in [0.2, 0.25) is 5.91 Å². The van der Waals surface area contributed by atoms with E-state index in [9.17, 15) is 4.79 Å². The van der Waals surface area contributed by atoms with E-state index in [4.69, 9.17) is 23.2 Å². The van der Waals surface area contributed by atoms with Crippen LogP contribution in [0.2, 0.25) is 10.0 Å². The summed E-state index contributed by atoms with van der Waals surface area (Å²) in [6, 6.07) is 13.4. The van der Waals surface area contributed by atoms with E-state index in [1.165, 1.54) is 22.3 Å². The largest absolute Gasteiger partial charge is 0.337 e. The smallest absolute Gasteiger partial charge is 0.244 e. The minimum atomic E-state index is -0.336. The molecule has 0 saturated carbocycles. The lowest BCUT2D eigenvalue weighted by Crippen LogP contribution is -2.44. The Hall–Kier alpha value is -1.81. The molecule has 3 nitrogen and oxygen atoms in total. The summed E-state index contributed by atoms with van der Waals surface area (Å²) < 4.78 is 0. The fourth-order valence-corrected chi connectivity index (χ4v) is 4.49. The summed E-state index contributed by atoms with van der Waals surface area (Å²) in [6.07, 6.45) is 2.78. The van der Waals surface area contributed by atoms with Crippen molar-refractivity contribution in [3.05, 3.63) is 74.8 Å². The maximum atomic E-state index is 13.4. The lowest BCUT2D eigenvalue weighted by atomic mass is 9.97. The quantitative estimate of drug-likeness (QED) is 0.721. The predicted molar refractivity (Wildman–Crippen MR) is 116 cm³/mol. The highest BCUT2D eigenvalue weighted by Crippen LogP contribution is 2.39. The molecule has 0 saturated heterocycles. The molecule has 0 bridgehead atoms. The third kappa shape index (κ3) is 3.84. The van der Waals surface area contributed by atoms with Crippen molar-refractivity contribution in [2.24, 2.45) is 0 Å². The number of carbonyl (C=O) groups is 1. The van der Waals surface area contributed by atoms with Crippen molar-refractivity contribution >= 4 is 34.7 Å². The Morgan fingerprint density at radius 3 is 2.64 bits per heavy atom. The number of carbonyl (C=O) groups excluding carboxylic acids is 1. The molecule has 0 spiro atoms. The first-order valence-corrected chi connectivity index (χ1v) is 10.6. The Morgan fingerprint density at radius 1 is 1.14 bits per heavy atom. The van der Waals surface area contributed by atoms with Crippen LogP contribution in [0, 0.1) is 0 Å². The molecule has 2 aliphatic rings. The molecular formula is C23H24Cl2N2O. The minimum absolute atomic E-state index is 0.135. The number of rotatable bonds is 5. The van der Waals surface area contributed by atoms with Gasteiger partial charge in [0.05, 0.1) is 0 Å². The van der Waals surface area contributed by atoms with E-state index >= 15 is 0 Å². The molecule has 1 N–H and O–H groups in total. The first-order valence-electron chi connectivity index (χ1n) is 9.84. The number of fused-ring (bicyclic) bond motifs is 2. The Bertz CT molecular complexity index is 921. The number of nitrogens with zero attached hydrogens (tertiary/aromatic N) is 1. The fraction of sp³-hybridized carbons (Fsp3) is 0.348. The lowest BCUT2D eigenvalue weighted by molar-refractivity contribution is -0.133. The zero-order chi connectivity index (χ0) is 19.7. The highest BCUT2D eigenvalue weighted by Gasteiger charge is 2.32. The van der Waals surface area contributed by atoms with Crippen LogP contribution in [0.4, 0.5) is 0 Å². The van der Waals surface area contributed by atoms with Crippen LogP contribution in [0.15, 0.2) is 48.0 Å². The molecule has 146 valence electrons. The van der Waals surface area contributed by atoms with E-state index in [2.05, 4.69) is 24.4 Å². The van der Waals surface area contributed by atoms with Crippen LogP contribution in [-0.4, -0.2) is 30.4 Å². The second kappa shape index (κ2) is 8.28. The van der Waals surface area contributed by atoms with Crippen LogP contribution < -0.4 is 5.32 Å². The van der Waals surface area contributed by atoms with Crippen LogP contribution >= 0.6 is 23.2 Å². The normalized spacial score (nSPS) is 16.8. The van der Waals surface area contributed by atoms with Gasteiger partial charge in [0.15, 0.2) is 0 Å². The Balaban J connectivity index is 1.54. The van der Waals surface area contributed by atoms with Gasteiger partial charge in [0.1, 0.15) is 6.04 Å². The molecule has 0 aromatic heterocycles. The summed E-state index contributed by atoms with van der Waals surface area (Å²) in [7, 11) is 0. The summed E-state index contributed by atoms with van der Waals surface area (Å²) >= 11 is 12.2. The van der Waals surface area contributed by atoms with Gasteiger partial charge < -0.3 is 10.2 Å². The van der Waals surface area contributed by atoms with Gasteiger partial charge in [-0.2, -0.15) is 0 Å². The first kappa shape index (κ1) is 19.5. The number of benzene rings is 2. The summed E-state index contributed by atoms with van der Waals surface area (Å²) in [5.74, 6) is 0.135. The molecule has 4 rings (SSSR count). The van der Waals surface area contributed by atoms with Gasteiger partial charge in [-0.1, -0.05) is 48.3 Å². The SMILES string of the molecule is CCCNC(C(=O)N1CCC2=C(Cc3ccc(Cl)cc32)C1)c1ccc(Cl)cc1. The Kier molecular flexibility index (Phi) is 5.77. The van der Waals surface area contributed by atoms with Crippen LogP contribution in [0.5, 0.6) is 0 Å². The van der Waals surface area contributed by atoms with Crippen LogP contribution in [0.3, 0.4) is 0 Å². The highest BCUT2D eigenvalue weighted by molar-refractivity contribution is 6.31. The number of hydrogen-bond acceptors (Lipinski definition) is 2. The molecule has 1 aliphatic heterocycles. The van der Waals surface area contributed by atoms with Crippen molar-refractivity contribution in [1.82, 2.24) is 10.2 Å². The molecule has 1 atom stereocenters. The van der Waals surface area contributed by atoms with E-state index in [1.807, 2.05) is 35.2 Å². The average molecular weight is 415 g/mol. The maximum absolute atomic E-state index is 13.4. The third-order valence-corrected chi connectivity index (χ3v) is 6.09. The summed E-state index contributed by atoms with van der Waals surface area (Å²) in [5.41, 5.74) is 6.28. The van der Waals surface area contributed by atoms with Crippen molar-refractivity contribution in [3.63, 3.8) is 0 Å². The zero-order valence-corrected chi connectivity index (χ0v) is 17.5. The molecule has 0 radical (unpaired) electrons. The van der Waals surface area contributed by atoms with Gasteiger partial charge in [0.25, 0.3) is 0 Å². The van der Waals surface area contributed by atoms with Gasteiger partial charge in [-0.25, -0.2) is 0 Å². The van der Waals surface area contributed by atoms with Crippen molar-refractivity contribution in [3.8, 4) is 0 Å². The van der Waals surface area contributed by atoms with Crippen LogP contribution in [0.25, 0.3) is 5.57 Å². The molecule has 1 heterocycles. The lowest BCUT2D eigenvalue weighted by Gasteiger charge is -2.32. The van der Waals surface area contributed by atoms with Crippen LogP contribution in [-0.2, 0) is 11.2 Å². The van der Waals surface area contributed by atoms with Gasteiger partial charge in [-0.05, 0) is 77.9 Å². The van der Waals surface area contributed by atoms with Crippen molar-refractivity contribution in [2.45, 2.75) is 32.2 Å². The fourth-order valence-electron chi connectivity index (χ4n) is 4.19. The Morgan fingerprint density at radius 2 is 1.89 bits per heavy atom. The molecular weight excluding hydrogens is 391 g/mol. The standard InChI is InChI=1S/C23H24Cl2N2O/c1-2-10-26-22(15-3-6-18(24)7-4-15)23(28)27-11-9-20-17(14-27)12-16-5-8-19(25)13-21(16)20/h3-8,13,22,26H,2,9-12,14H2,1H3. The maximum Gasteiger partial charge on any atom is 0.244 e. The van der Waals surface area contributed by atoms with Gasteiger partial charge in [0, 0.05) is 23.1 Å². The third-order valence-electron chi connectivity index (χ3n) is 5.60. The zero-order valence-electron chi connectivity index (χ0n) is 16.0. The molecule has 1 unspecified atom stereocenters. The summed E-state index contributed by atoms with van der Waals surface area (Å²) in [4.78, 5) is 15.4. The minimum Gasteiger partial charge on any atom is -0.337 e. The van der Waals surface area contributed by atoms with E-state index < -0.39 is 0 Å². The molecule has 0 fully saturated rings. The molecule has 2 aromatic carbocycles. The second-order valence-electron chi connectivity index (χ2n) is 7.51. The van der Waals surface area contributed by atoms with E-state index in [0.717, 1.165) is 42.9 Å². The Labute approximate surface area is 176 Å². The second-order valence-corrected chi connectivity index (χ2v) is 8.38. The molecule has 2 aromatic rings. The number of halogens is 2. The van der Waals surface area contributed by atoms with Crippen LogP contribution in [0.1, 0.15) is 42.5 Å². The first-order chi connectivity index (χ1) is 13.6. The summed E-state index contributed by atoms with van der Waals surface area (Å²) in [5, 5.41) is 4.88. The average Bonchev–Trinajstić information content (AvgIpc) is 3.06. The van der Waals surface area contributed by atoms with Gasteiger partial charge in [-0.15, -0.1) is 0 Å². The van der Waals surface area contributed by atoms with Gasteiger partial charge >= 0.3 is 0 Å². The monoisotopic (exact) mass is 414 g/mol. The topological polar surface area (TPSA) is 32.3 Å². The van der Waals surface area contributed by atoms with E-state index in [1.54, 1.807) is 0 Å². The van der Waals surface area contributed by atoms with Crippen molar-refractivity contribution < 1.29 is 4.79 Å². The number of nitrogens with one attached hydrogen (secondary N) is 1. The predicted octanol–water partition coefficient (Wildman–Crippen LogP) is 5.28. The summed E-state index contributed by atoms with van der Waals surface area (Å²) in [6.45, 7) is 4.33. The molecule has 5 heteroatoms. The molecule has 1 amide bonds. The van der Waals surface area contributed by atoms with E-state index in [-0.39, 0.29) is 11.9 Å². The molecule has 1 aliphatic carbocycles. The highest BCUT2D eigenvalue weighted by atomic mass is 35.5. The van der Waals surface area contributed by atoms with Crippen molar-refractivity contribution in [2.75, 3.05) is 19.6 Å². The van der Waals surface area contributed by atoms with E-state index in [0.29, 0.717) is 11.6 Å². The van der Waals surface area contributed by atoms with Gasteiger partial charge in [-0.3, -0.25) is 4.79 Å².